The van der Waals surface area contributed by atoms with E-state index in [1.165, 1.54) is 5.56 Å². The summed E-state index contributed by atoms with van der Waals surface area (Å²) in [5, 5.41) is 3.45. The monoisotopic (exact) mass is 307 g/mol. The van der Waals surface area contributed by atoms with Crippen molar-refractivity contribution in [3.8, 4) is 0 Å². The number of benzene rings is 1. The zero-order valence-electron chi connectivity index (χ0n) is 13.3. The van der Waals surface area contributed by atoms with Gasteiger partial charge in [-0.2, -0.15) is 0 Å². The maximum Gasteiger partial charge on any atom is 0.123 e. The Labute approximate surface area is 132 Å². The van der Waals surface area contributed by atoms with Crippen LogP contribution in [0.1, 0.15) is 18.5 Å². The molecule has 1 aromatic rings. The summed E-state index contributed by atoms with van der Waals surface area (Å²) >= 11 is 0. The Morgan fingerprint density at radius 2 is 1.95 bits per heavy atom. The number of ether oxygens (including phenoxy) is 1. The minimum absolute atomic E-state index is 0.165. The van der Waals surface area contributed by atoms with E-state index in [2.05, 4.69) is 22.0 Å². The molecule has 1 aromatic carbocycles. The van der Waals surface area contributed by atoms with Gasteiger partial charge in [0.05, 0.1) is 13.2 Å². The van der Waals surface area contributed by atoms with Crippen LogP contribution in [0.4, 0.5) is 4.39 Å². The third-order valence-corrected chi connectivity index (χ3v) is 4.74. The maximum absolute atomic E-state index is 13.3. The minimum Gasteiger partial charge on any atom is -0.379 e. The highest BCUT2D eigenvalue weighted by atomic mass is 19.1. The van der Waals surface area contributed by atoms with Crippen LogP contribution < -0.4 is 5.32 Å². The third-order valence-electron chi connectivity index (χ3n) is 4.74. The molecule has 1 N–H and O–H groups in total. The smallest absolute Gasteiger partial charge is 0.123 e. The predicted molar refractivity (Wildman–Crippen MR) is 85.4 cm³/mol. The van der Waals surface area contributed by atoms with Gasteiger partial charge in [0.25, 0.3) is 0 Å². The fourth-order valence-electron chi connectivity index (χ4n) is 3.43. The molecule has 2 fully saturated rings. The molecule has 0 spiro atoms. The summed E-state index contributed by atoms with van der Waals surface area (Å²) in [5.41, 5.74) is 1.21. The predicted octanol–water partition coefficient (Wildman–Crippen LogP) is 1.49. The summed E-state index contributed by atoms with van der Waals surface area (Å²) in [4.78, 5) is 5.02. The molecule has 2 heterocycles. The quantitative estimate of drug-likeness (QED) is 0.912. The van der Waals surface area contributed by atoms with Gasteiger partial charge in [-0.1, -0.05) is 12.1 Å². The largest absolute Gasteiger partial charge is 0.379 e. The number of hydrogen-bond donors (Lipinski definition) is 1. The van der Waals surface area contributed by atoms with E-state index in [-0.39, 0.29) is 5.82 Å². The summed E-state index contributed by atoms with van der Waals surface area (Å²) in [6.45, 7) is 9.91. The first kappa shape index (κ1) is 15.9. The van der Waals surface area contributed by atoms with Crippen LogP contribution in [-0.2, 0) is 4.74 Å². The normalized spacial score (nSPS) is 26.0. The number of rotatable bonds is 4. The number of hydrogen-bond acceptors (Lipinski definition) is 4. The van der Waals surface area contributed by atoms with E-state index in [4.69, 9.17) is 4.74 Å². The molecule has 2 aliphatic heterocycles. The van der Waals surface area contributed by atoms with Gasteiger partial charge >= 0.3 is 0 Å². The molecule has 5 heteroatoms. The van der Waals surface area contributed by atoms with Crippen molar-refractivity contribution in [2.75, 3.05) is 52.5 Å². The molecule has 2 unspecified atom stereocenters. The van der Waals surface area contributed by atoms with E-state index in [1.54, 1.807) is 12.1 Å². The lowest BCUT2D eigenvalue weighted by Gasteiger charge is -2.42. The van der Waals surface area contributed by atoms with Crippen LogP contribution in [0.2, 0.25) is 0 Å². The van der Waals surface area contributed by atoms with Crippen LogP contribution in [0.5, 0.6) is 0 Å². The van der Waals surface area contributed by atoms with Crippen molar-refractivity contribution >= 4 is 0 Å². The van der Waals surface area contributed by atoms with Gasteiger partial charge in [-0.25, -0.2) is 4.39 Å². The second-order valence-electron chi connectivity index (χ2n) is 6.27. The number of nitrogens with zero attached hydrogens (tertiary/aromatic N) is 2. The van der Waals surface area contributed by atoms with Crippen LogP contribution in [0.3, 0.4) is 0 Å². The molecule has 2 aliphatic rings. The Morgan fingerprint density at radius 3 is 2.64 bits per heavy atom. The van der Waals surface area contributed by atoms with Crippen LogP contribution in [0, 0.1) is 5.82 Å². The molecule has 3 rings (SSSR count). The number of nitrogens with one attached hydrogen (secondary N) is 1. The highest BCUT2D eigenvalue weighted by molar-refractivity contribution is 5.21. The SMILES string of the molecule is CC1CNCCN1C(CN1CCOCC1)c1ccc(F)cc1. The van der Waals surface area contributed by atoms with Gasteiger partial charge in [-0.3, -0.25) is 9.80 Å². The molecule has 22 heavy (non-hydrogen) atoms. The summed E-state index contributed by atoms with van der Waals surface area (Å²) in [6, 6.07) is 7.84. The second-order valence-corrected chi connectivity index (χ2v) is 6.27. The maximum atomic E-state index is 13.3. The van der Waals surface area contributed by atoms with Crippen LogP contribution in [-0.4, -0.2) is 68.3 Å². The van der Waals surface area contributed by atoms with Gasteiger partial charge in [0.15, 0.2) is 0 Å². The molecule has 4 nitrogen and oxygen atoms in total. The van der Waals surface area contributed by atoms with Crippen molar-refractivity contribution in [2.45, 2.75) is 19.0 Å². The number of morpholine rings is 1. The van der Waals surface area contributed by atoms with E-state index in [9.17, 15) is 4.39 Å². The fraction of sp³-hybridized carbons (Fsp3) is 0.647. The van der Waals surface area contributed by atoms with Crippen LogP contribution in [0.15, 0.2) is 24.3 Å². The molecule has 0 amide bonds. The highest BCUT2D eigenvalue weighted by Crippen LogP contribution is 2.25. The van der Waals surface area contributed by atoms with Crippen molar-refractivity contribution in [3.05, 3.63) is 35.6 Å². The Kier molecular flexibility index (Phi) is 5.41. The first-order valence-electron chi connectivity index (χ1n) is 8.26. The molecule has 0 saturated carbocycles. The molecule has 0 bridgehead atoms. The molecule has 2 saturated heterocycles. The van der Waals surface area contributed by atoms with Gasteiger partial charge < -0.3 is 10.1 Å². The van der Waals surface area contributed by atoms with Crippen molar-refractivity contribution in [1.82, 2.24) is 15.1 Å². The van der Waals surface area contributed by atoms with E-state index in [0.717, 1.165) is 52.5 Å². The summed E-state index contributed by atoms with van der Waals surface area (Å²) in [6.07, 6.45) is 0. The Balaban J connectivity index is 1.78. The van der Waals surface area contributed by atoms with Gasteiger partial charge in [0.2, 0.25) is 0 Å². The summed E-state index contributed by atoms with van der Waals surface area (Å²) in [5.74, 6) is -0.165. The van der Waals surface area contributed by atoms with E-state index < -0.39 is 0 Å². The van der Waals surface area contributed by atoms with Gasteiger partial charge in [0, 0.05) is 51.4 Å². The van der Waals surface area contributed by atoms with Crippen molar-refractivity contribution in [3.63, 3.8) is 0 Å². The zero-order chi connectivity index (χ0) is 15.4. The van der Waals surface area contributed by atoms with Crippen molar-refractivity contribution < 1.29 is 9.13 Å². The lowest BCUT2D eigenvalue weighted by molar-refractivity contribution is 0.0137. The number of halogens is 1. The topological polar surface area (TPSA) is 27.7 Å². The molecule has 0 aliphatic carbocycles. The zero-order valence-corrected chi connectivity index (χ0v) is 13.3. The first-order valence-corrected chi connectivity index (χ1v) is 8.26. The summed E-state index contributed by atoms with van der Waals surface area (Å²) < 4.78 is 18.7. The molecular formula is C17H26FN3O. The van der Waals surface area contributed by atoms with Gasteiger partial charge in [-0.15, -0.1) is 0 Å². The van der Waals surface area contributed by atoms with Crippen LogP contribution >= 0.6 is 0 Å². The van der Waals surface area contributed by atoms with Crippen molar-refractivity contribution in [1.29, 1.82) is 0 Å². The Bertz CT molecular complexity index is 461. The van der Waals surface area contributed by atoms with E-state index in [0.29, 0.717) is 12.1 Å². The lowest BCUT2D eigenvalue weighted by atomic mass is 10.0. The van der Waals surface area contributed by atoms with Crippen LogP contribution in [0.25, 0.3) is 0 Å². The Hall–Kier alpha value is -1.01. The minimum atomic E-state index is -0.165. The molecule has 0 radical (unpaired) electrons. The fourth-order valence-corrected chi connectivity index (χ4v) is 3.43. The van der Waals surface area contributed by atoms with E-state index in [1.807, 2.05) is 12.1 Å². The summed E-state index contributed by atoms with van der Waals surface area (Å²) in [7, 11) is 0. The molecule has 0 aromatic heterocycles. The van der Waals surface area contributed by atoms with Gasteiger partial charge in [-0.05, 0) is 24.6 Å². The molecule has 122 valence electrons. The van der Waals surface area contributed by atoms with E-state index >= 15 is 0 Å². The number of piperazine rings is 1. The average Bonchev–Trinajstić information content (AvgIpc) is 2.55. The standard InChI is InChI=1S/C17H26FN3O/c1-14-12-19-6-7-21(14)17(13-20-8-10-22-11-9-20)15-2-4-16(18)5-3-15/h2-5,14,17,19H,6-13H2,1H3. The Morgan fingerprint density at radius 1 is 1.23 bits per heavy atom. The van der Waals surface area contributed by atoms with Gasteiger partial charge in [0.1, 0.15) is 5.82 Å². The first-order chi connectivity index (χ1) is 10.7. The third kappa shape index (κ3) is 3.84. The highest BCUT2D eigenvalue weighted by Gasteiger charge is 2.29. The second kappa shape index (κ2) is 7.51. The molecular weight excluding hydrogens is 281 g/mol. The van der Waals surface area contributed by atoms with Crippen molar-refractivity contribution in [2.24, 2.45) is 0 Å². The lowest BCUT2D eigenvalue weighted by Crippen LogP contribution is -2.53. The molecule has 2 atom stereocenters. The average molecular weight is 307 g/mol.